The fourth-order valence-corrected chi connectivity index (χ4v) is 8.09. The summed E-state index contributed by atoms with van der Waals surface area (Å²) in [6.45, 7) is 0. The second-order valence-electron chi connectivity index (χ2n) is 11.3. The van der Waals surface area contributed by atoms with Gasteiger partial charge in [0.1, 0.15) is 12.7 Å². The first-order chi connectivity index (χ1) is 23.7. The quantitative estimate of drug-likeness (QED) is 0.197. The Kier molecular flexibility index (Phi) is 5.14. The standard InChI is InChI=1S/C34H18N12S2/c1-3-27-23(13-21(1)43-11-7-19-15-35-9-5-25(19)43)37-17-45(27)33-40-29-31(47-33)42-32-30(39-29)41-34(48-32)46-18-38-24-14-22(2-4-28(24)46)44-12-8-20-16-36-10-6-26(20)44/h1-18H. The number of nitrogens with zero attached hydrogens (tertiary/aromatic N) is 12. The minimum atomic E-state index is 0.555. The van der Waals surface area contributed by atoms with Crippen LogP contribution in [0, 0.1) is 0 Å². The van der Waals surface area contributed by atoms with E-state index in [0.29, 0.717) is 11.3 Å². The van der Waals surface area contributed by atoms with Crippen LogP contribution in [0.15, 0.2) is 110 Å². The number of hydrogen-bond acceptors (Lipinski definition) is 10. The number of thiazole rings is 2. The highest BCUT2D eigenvalue weighted by Gasteiger charge is 2.18. The van der Waals surface area contributed by atoms with Gasteiger partial charge in [0.05, 0.1) is 33.1 Å². The molecule has 226 valence electrons. The third-order valence-corrected chi connectivity index (χ3v) is 10.5. The summed E-state index contributed by atoms with van der Waals surface area (Å²) in [5, 5.41) is 3.68. The largest absolute Gasteiger partial charge is 0.316 e. The van der Waals surface area contributed by atoms with Gasteiger partial charge in [-0.05, 0) is 60.7 Å². The van der Waals surface area contributed by atoms with Crippen LogP contribution in [0.2, 0.25) is 0 Å². The summed E-state index contributed by atoms with van der Waals surface area (Å²) in [6, 6.07) is 20.6. The highest BCUT2D eigenvalue weighted by atomic mass is 32.1. The summed E-state index contributed by atoms with van der Waals surface area (Å²) >= 11 is 2.96. The van der Waals surface area contributed by atoms with E-state index >= 15 is 0 Å². The molecule has 0 saturated heterocycles. The van der Waals surface area contributed by atoms with Gasteiger partial charge in [-0.1, -0.05) is 22.7 Å². The third-order valence-electron chi connectivity index (χ3n) is 8.59. The van der Waals surface area contributed by atoms with Crippen molar-refractivity contribution >= 4 is 87.5 Å². The van der Waals surface area contributed by atoms with Crippen molar-refractivity contribution in [2.24, 2.45) is 0 Å². The predicted molar refractivity (Wildman–Crippen MR) is 187 cm³/mol. The van der Waals surface area contributed by atoms with Crippen molar-refractivity contribution in [3.05, 3.63) is 110 Å². The maximum absolute atomic E-state index is 4.92. The molecular formula is C34H18N12S2. The lowest BCUT2D eigenvalue weighted by Crippen LogP contribution is -1.94. The highest BCUT2D eigenvalue weighted by molar-refractivity contribution is 7.22. The van der Waals surface area contributed by atoms with E-state index in [1.807, 2.05) is 46.1 Å². The molecule has 0 unspecified atom stereocenters. The molecule has 14 heteroatoms. The van der Waals surface area contributed by atoms with Gasteiger partial charge in [0.25, 0.3) is 0 Å². The Bertz CT molecular complexity index is 2790. The third kappa shape index (κ3) is 3.74. The molecule has 2 aromatic carbocycles. The molecule has 11 rings (SSSR count). The summed E-state index contributed by atoms with van der Waals surface area (Å²) in [7, 11) is 0. The van der Waals surface area contributed by atoms with Gasteiger partial charge in [-0.2, -0.15) is 9.97 Å². The first-order valence-corrected chi connectivity index (χ1v) is 16.6. The SMILES string of the molecule is c1cc2c(ccn2-c2ccc3c(c2)ncn3-c2nc3nc4nc(-n5cnc6cc(-n7ccc8cnccc87)ccc65)sc4nc3s2)cn1. The minimum Gasteiger partial charge on any atom is -0.316 e. The van der Waals surface area contributed by atoms with Crippen molar-refractivity contribution in [1.29, 1.82) is 0 Å². The Balaban J connectivity index is 0.933. The van der Waals surface area contributed by atoms with Gasteiger partial charge in [0.15, 0.2) is 31.2 Å². The van der Waals surface area contributed by atoms with Crippen molar-refractivity contribution < 1.29 is 0 Å². The topological polar surface area (TPSA) is 123 Å². The van der Waals surface area contributed by atoms with E-state index in [1.165, 1.54) is 22.7 Å². The highest BCUT2D eigenvalue weighted by Crippen LogP contribution is 2.32. The van der Waals surface area contributed by atoms with E-state index in [1.54, 1.807) is 12.7 Å². The normalized spacial score (nSPS) is 12.2. The first kappa shape index (κ1) is 25.8. The van der Waals surface area contributed by atoms with E-state index in [0.717, 1.165) is 75.2 Å². The predicted octanol–water partition coefficient (Wildman–Crippen LogP) is 7.05. The Morgan fingerprint density at radius 3 is 1.52 bits per heavy atom. The van der Waals surface area contributed by atoms with Crippen LogP contribution in [0.1, 0.15) is 0 Å². The van der Waals surface area contributed by atoms with Crippen LogP contribution in [0.25, 0.3) is 86.5 Å². The van der Waals surface area contributed by atoms with Gasteiger partial charge >= 0.3 is 0 Å². The number of pyridine rings is 2. The lowest BCUT2D eigenvalue weighted by atomic mass is 10.2. The molecule has 12 nitrogen and oxygen atoms in total. The summed E-state index contributed by atoms with van der Waals surface area (Å²) in [5.74, 6) is 0. The molecule has 0 radical (unpaired) electrons. The summed E-state index contributed by atoms with van der Waals surface area (Å²) in [4.78, 5) is 38.7. The number of aromatic nitrogens is 12. The van der Waals surface area contributed by atoms with Crippen LogP contribution < -0.4 is 0 Å². The molecule has 11 aromatic rings. The molecule has 0 aliphatic carbocycles. The van der Waals surface area contributed by atoms with E-state index in [4.69, 9.17) is 29.9 Å². The Morgan fingerprint density at radius 1 is 0.479 bits per heavy atom. The minimum absolute atomic E-state index is 0.555. The maximum Gasteiger partial charge on any atom is 0.199 e. The van der Waals surface area contributed by atoms with Crippen LogP contribution in [0.4, 0.5) is 0 Å². The molecule has 0 amide bonds. The molecule has 9 heterocycles. The molecule has 0 spiro atoms. The Labute approximate surface area is 276 Å². The van der Waals surface area contributed by atoms with Crippen molar-refractivity contribution in [2.75, 3.05) is 0 Å². The second kappa shape index (κ2) is 9.57. The zero-order chi connectivity index (χ0) is 31.3. The fraction of sp³-hybridized carbons (Fsp3) is 0. The summed E-state index contributed by atoms with van der Waals surface area (Å²) in [5.41, 5.74) is 9.01. The molecule has 0 N–H and O–H groups in total. The van der Waals surface area contributed by atoms with E-state index in [2.05, 4.69) is 80.0 Å². The maximum atomic E-state index is 4.92. The number of hydrogen-bond donors (Lipinski definition) is 0. The van der Waals surface area contributed by atoms with Crippen molar-refractivity contribution in [3.8, 4) is 21.6 Å². The number of fused-ring (bicyclic) bond motifs is 6. The van der Waals surface area contributed by atoms with Gasteiger partial charge in [0.2, 0.25) is 0 Å². The number of imidazole rings is 2. The zero-order valence-electron chi connectivity index (χ0n) is 24.6. The Morgan fingerprint density at radius 2 is 1.00 bits per heavy atom. The molecule has 0 bridgehead atoms. The van der Waals surface area contributed by atoms with Crippen LogP contribution in [0.5, 0.6) is 0 Å². The summed E-state index contributed by atoms with van der Waals surface area (Å²) in [6.07, 6.45) is 15.1. The molecule has 0 saturated carbocycles. The number of benzene rings is 2. The van der Waals surface area contributed by atoms with Gasteiger partial charge in [-0.3, -0.25) is 19.1 Å². The zero-order valence-corrected chi connectivity index (χ0v) is 26.2. The molecule has 0 aliphatic rings. The van der Waals surface area contributed by atoms with Gasteiger partial charge < -0.3 is 9.13 Å². The second-order valence-corrected chi connectivity index (χ2v) is 13.2. The smallest absolute Gasteiger partial charge is 0.199 e. The van der Waals surface area contributed by atoms with Crippen LogP contribution in [0.3, 0.4) is 0 Å². The average Bonchev–Trinajstić information content (AvgIpc) is 3.97. The average molecular weight is 659 g/mol. The lowest BCUT2D eigenvalue weighted by Gasteiger charge is -2.06. The van der Waals surface area contributed by atoms with Crippen molar-refractivity contribution in [3.63, 3.8) is 0 Å². The van der Waals surface area contributed by atoms with Gasteiger partial charge in [-0.15, -0.1) is 0 Å². The monoisotopic (exact) mass is 658 g/mol. The lowest BCUT2D eigenvalue weighted by molar-refractivity contribution is 1.06. The summed E-state index contributed by atoms with van der Waals surface area (Å²) < 4.78 is 8.25. The van der Waals surface area contributed by atoms with E-state index in [9.17, 15) is 0 Å². The van der Waals surface area contributed by atoms with E-state index in [-0.39, 0.29) is 0 Å². The van der Waals surface area contributed by atoms with Gasteiger partial charge in [-0.25, -0.2) is 19.9 Å². The molecule has 48 heavy (non-hydrogen) atoms. The molecule has 0 fully saturated rings. The van der Waals surface area contributed by atoms with E-state index < -0.39 is 0 Å². The van der Waals surface area contributed by atoms with Crippen LogP contribution >= 0.6 is 22.7 Å². The van der Waals surface area contributed by atoms with Gasteiger partial charge in [0, 0.05) is 59.3 Å². The molecule has 9 aromatic heterocycles. The number of rotatable bonds is 4. The van der Waals surface area contributed by atoms with Crippen LogP contribution in [-0.4, -0.2) is 58.1 Å². The van der Waals surface area contributed by atoms with Crippen LogP contribution in [-0.2, 0) is 0 Å². The fourth-order valence-electron chi connectivity index (χ4n) is 6.30. The molecule has 0 atom stereocenters. The molecule has 0 aliphatic heterocycles. The van der Waals surface area contributed by atoms with Crippen molar-refractivity contribution in [2.45, 2.75) is 0 Å². The molecular weight excluding hydrogens is 641 g/mol. The first-order valence-electron chi connectivity index (χ1n) is 15.0. The Hall–Kier alpha value is -6.38. The van der Waals surface area contributed by atoms with Crippen molar-refractivity contribution in [1.82, 2.24) is 58.1 Å².